The minimum Gasteiger partial charge on any atom is -0.0675 e. The molecular formula is C15H19B. The zero-order valence-electron chi connectivity index (χ0n) is 10.7. The molecule has 0 bridgehead atoms. The first kappa shape index (κ1) is 11.5. The van der Waals surface area contributed by atoms with Gasteiger partial charge in [-0.2, -0.15) is 0 Å². The van der Waals surface area contributed by atoms with Crippen LogP contribution in [0.1, 0.15) is 38.8 Å². The van der Waals surface area contributed by atoms with E-state index in [0.29, 0.717) is 0 Å². The molecule has 16 heavy (non-hydrogen) atoms. The van der Waals surface area contributed by atoms with Crippen LogP contribution in [0.5, 0.6) is 0 Å². The fourth-order valence-corrected chi connectivity index (χ4v) is 2.10. The summed E-state index contributed by atoms with van der Waals surface area (Å²) >= 11 is 0. The van der Waals surface area contributed by atoms with Crippen LogP contribution in [0.15, 0.2) is 29.8 Å². The molecule has 0 heterocycles. The largest absolute Gasteiger partial charge is 0.0809 e. The molecule has 1 heteroatoms. The van der Waals surface area contributed by atoms with Crippen molar-refractivity contribution < 1.29 is 0 Å². The lowest BCUT2D eigenvalue weighted by molar-refractivity contribution is 0.317. The average molecular weight is 210 g/mol. The van der Waals surface area contributed by atoms with Crippen molar-refractivity contribution in [3.63, 3.8) is 0 Å². The van der Waals surface area contributed by atoms with Crippen LogP contribution < -0.4 is 0 Å². The Kier molecular flexibility index (Phi) is 2.53. The predicted octanol–water partition coefficient (Wildman–Crippen LogP) is 4.02. The first-order valence-corrected chi connectivity index (χ1v) is 5.90. The minimum absolute atomic E-state index is 0.0842. The molecule has 1 unspecified atom stereocenters. The van der Waals surface area contributed by atoms with Crippen molar-refractivity contribution in [2.75, 3.05) is 0 Å². The SMILES string of the molecule is [B]C(C)(C1=Cc2ccccc2C1)C(C)(C)C. The van der Waals surface area contributed by atoms with Crippen LogP contribution in [0, 0.1) is 5.41 Å². The van der Waals surface area contributed by atoms with Crippen LogP contribution in [0.4, 0.5) is 0 Å². The summed E-state index contributed by atoms with van der Waals surface area (Å²) in [6.07, 6.45) is 3.26. The summed E-state index contributed by atoms with van der Waals surface area (Å²) in [6, 6.07) is 8.54. The van der Waals surface area contributed by atoms with Crippen molar-refractivity contribution in [2.24, 2.45) is 5.41 Å². The summed E-state index contributed by atoms with van der Waals surface area (Å²) < 4.78 is 0. The molecule has 0 saturated heterocycles. The number of hydrogen-bond donors (Lipinski definition) is 0. The van der Waals surface area contributed by atoms with Crippen LogP contribution in [0.3, 0.4) is 0 Å². The van der Waals surface area contributed by atoms with E-state index in [0.717, 1.165) is 6.42 Å². The highest BCUT2D eigenvalue weighted by Gasteiger charge is 2.36. The molecule has 0 saturated carbocycles. The van der Waals surface area contributed by atoms with E-state index in [2.05, 4.69) is 58.0 Å². The highest BCUT2D eigenvalue weighted by molar-refractivity contribution is 6.18. The van der Waals surface area contributed by atoms with E-state index >= 15 is 0 Å². The van der Waals surface area contributed by atoms with Gasteiger partial charge in [0.1, 0.15) is 0 Å². The van der Waals surface area contributed by atoms with Gasteiger partial charge in [0.2, 0.25) is 0 Å². The van der Waals surface area contributed by atoms with Gasteiger partial charge in [-0.15, -0.1) is 0 Å². The van der Waals surface area contributed by atoms with E-state index < -0.39 is 0 Å². The summed E-state index contributed by atoms with van der Waals surface area (Å²) in [6.45, 7) is 8.76. The first-order valence-electron chi connectivity index (χ1n) is 5.90. The molecule has 0 spiro atoms. The lowest BCUT2D eigenvalue weighted by Crippen LogP contribution is -2.28. The molecule has 1 aromatic rings. The second-order valence-corrected chi connectivity index (χ2v) is 6.00. The van der Waals surface area contributed by atoms with Crippen molar-refractivity contribution in [3.8, 4) is 0 Å². The van der Waals surface area contributed by atoms with Crippen molar-refractivity contribution in [1.29, 1.82) is 0 Å². The smallest absolute Gasteiger partial charge is 0.0675 e. The van der Waals surface area contributed by atoms with Gasteiger partial charge in [-0.1, -0.05) is 63.6 Å². The predicted molar refractivity (Wildman–Crippen MR) is 71.7 cm³/mol. The number of fused-ring (bicyclic) bond motifs is 1. The molecule has 1 aromatic carbocycles. The van der Waals surface area contributed by atoms with Gasteiger partial charge in [0.25, 0.3) is 0 Å². The summed E-state index contributed by atoms with van der Waals surface area (Å²) in [5, 5.41) is -0.244. The third-order valence-electron chi connectivity index (χ3n) is 3.99. The molecule has 2 rings (SSSR count). The van der Waals surface area contributed by atoms with Gasteiger partial charge < -0.3 is 0 Å². The Morgan fingerprint density at radius 1 is 1.06 bits per heavy atom. The summed E-state index contributed by atoms with van der Waals surface area (Å²) in [7, 11) is 6.51. The van der Waals surface area contributed by atoms with Crippen LogP contribution in [-0.4, -0.2) is 7.85 Å². The van der Waals surface area contributed by atoms with Gasteiger partial charge in [-0.05, 0) is 28.3 Å². The monoisotopic (exact) mass is 210 g/mol. The van der Waals surface area contributed by atoms with Crippen molar-refractivity contribution in [3.05, 3.63) is 41.0 Å². The second-order valence-electron chi connectivity index (χ2n) is 6.00. The van der Waals surface area contributed by atoms with E-state index in [9.17, 15) is 0 Å². The average Bonchev–Trinajstić information content (AvgIpc) is 2.59. The lowest BCUT2D eigenvalue weighted by Gasteiger charge is -2.41. The van der Waals surface area contributed by atoms with Crippen LogP contribution >= 0.6 is 0 Å². The van der Waals surface area contributed by atoms with E-state index in [1.807, 2.05) is 0 Å². The van der Waals surface area contributed by atoms with Gasteiger partial charge in [-0.3, -0.25) is 0 Å². The van der Waals surface area contributed by atoms with Crippen LogP contribution in [-0.2, 0) is 6.42 Å². The topological polar surface area (TPSA) is 0 Å². The van der Waals surface area contributed by atoms with Gasteiger partial charge in [-0.25, -0.2) is 0 Å². The molecule has 1 aliphatic carbocycles. The van der Waals surface area contributed by atoms with E-state index in [1.165, 1.54) is 16.7 Å². The first-order chi connectivity index (χ1) is 7.32. The van der Waals surface area contributed by atoms with Gasteiger partial charge in [0.05, 0.1) is 7.85 Å². The highest BCUT2D eigenvalue weighted by Crippen LogP contribution is 2.51. The number of hydrogen-bond acceptors (Lipinski definition) is 0. The molecule has 1 aliphatic rings. The maximum atomic E-state index is 6.51. The fraction of sp³-hybridized carbons (Fsp3) is 0.467. The maximum Gasteiger partial charge on any atom is 0.0809 e. The lowest BCUT2D eigenvalue weighted by atomic mass is 9.51. The summed E-state index contributed by atoms with van der Waals surface area (Å²) in [5.74, 6) is 0. The maximum absolute atomic E-state index is 6.51. The Morgan fingerprint density at radius 3 is 2.25 bits per heavy atom. The van der Waals surface area contributed by atoms with Gasteiger partial charge >= 0.3 is 0 Å². The minimum atomic E-state index is -0.244. The zero-order chi connectivity index (χ0) is 12.0. The van der Waals surface area contributed by atoms with Gasteiger partial charge in [0.15, 0.2) is 0 Å². The third kappa shape index (κ3) is 1.73. The second kappa shape index (κ2) is 3.51. The van der Waals surface area contributed by atoms with Gasteiger partial charge in [0, 0.05) is 0 Å². The Bertz CT molecular complexity index is 433. The summed E-state index contributed by atoms with van der Waals surface area (Å²) in [5.41, 5.74) is 4.17. The van der Waals surface area contributed by atoms with Crippen molar-refractivity contribution in [1.82, 2.24) is 0 Å². The van der Waals surface area contributed by atoms with E-state index in [4.69, 9.17) is 7.85 Å². The number of benzene rings is 1. The van der Waals surface area contributed by atoms with Crippen LogP contribution in [0.25, 0.3) is 6.08 Å². The Balaban J connectivity index is 2.36. The molecule has 2 radical (unpaired) electrons. The molecule has 0 N–H and O–H groups in total. The standard InChI is InChI=1S/C15H19B/c1-14(2,3)15(4,16)13-9-11-7-5-6-8-12(11)10-13/h5-9H,10H2,1-4H3. The Labute approximate surface area is 100 Å². The molecule has 1 atom stereocenters. The molecule has 0 amide bonds. The Morgan fingerprint density at radius 2 is 1.69 bits per heavy atom. The van der Waals surface area contributed by atoms with Crippen molar-refractivity contribution >= 4 is 13.9 Å². The fourth-order valence-electron chi connectivity index (χ4n) is 2.10. The number of allylic oxidation sites excluding steroid dienone is 1. The van der Waals surface area contributed by atoms with Crippen molar-refractivity contribution in [2.45, 2.75) is 39.4 Å². The summed E-state index contributed by atoms with van der Waals surface area (Å²) in [4.78, 5) is 0. The van der Waals surface area contributed by atoms with E-state index in [1.54, 1.807) is 0 Å². The Hall–Kier alpha value is -0.975. The molecule has 0 nitrogen and oxygen atoms in total. The van der Waals surface area contributed by atoms with E-state index in [-0.39, 0.29) is 10.7 Å². The normalized spacial score (nSPS) is 18.9. The highest BCUT2D eigenvalue weighted by atomic mass is 14.4. The molecule has 82 valence electrons. The number of rotatable bonds is 1. The molecule has 0 aliphatic heterocycles. The zero-order valence-corrected chi connectivity index (χ0v) is 10.7. The van der Waals surface area contributed by atoms with Crippen LogP contribution in [0.2, 0.25) is 5.31 Å². The molecular weight excluding hydrogens is 191 g/mol. The molecule has 0 aromatic heterocycles. The molecule has 0 fully saturated rings. The quantitative estimate of drug-likeness (QED) is 0.614. The third-order valence-corrected chi connectivity index (χ3v) is 3.99.